The quantitative estimate of drug-likeness (QED) is 0.857. The number of aromatic nitrogens is 3. The first-order chi connectivity index (χ1) is 11.1. The molecule has 3 rings (SSSR count). The Morgan fingerprint density at radius 2 is 1.96 bits per heavy atom. The number of likely N-dealkylation sites (tertiary alicyclic amines) is 1. The highest BCUT2D eigenvalue weighted by Gasteiger charge is 2.26. The number of anilines is 1. The molecule has 7 heteroatoms. The summed E-state index contributed by atoms with van der Waals surface area (Å²) in [7, 11) is 3.37. The summed E-state index contributed by atoms with van der Waals surface area (Å²) >= 11 is 0. The number of pyridine rings is 1. The molecule has 0 saturated carbocycles. The van der Waals surface area contributed by atoms with Crippen LogP contribution >= 0.6 is 0 Å². The van der Waals surface area contributed by atoms with E-state index in [1.165, 1.54) is 11.1 Å². The van der Waals surface area contributed by atoms with Gasteiger partial charge < -0.3 is 14.4 Å². The molecule has 2 aromatic heterocycles. The molecule has 3 heterocycles. The number of rotatable bonds is 3. The highest BCUT2D eigenvalue weighted by Crippen LogP contribution is 2.16. The Morgan fingerprint density at radius 1 is 1.22 bits per heavy atom. The summed E-state index contributed by atoms with van der Waals surface area (Å²) in [5.74, 6) is -0.0450. The highest BCUT2D eigenvalue weighted by atomic mass is 16.2. The monoisotopic (exact) mass is 313 g/mol. The van der Waals surface area contributed by atoms with Crippen molar-refractivity contribution in [2.75, 3.05) is 25.0 Å². The van der Waals surface area contributed by atoms with Gasteiger partial charge in [-0.1, -0.05) is 0 Å². The zero-order valence-electron chi connectivity index (χ0n) is 13.3. The molecule has 7 nitrogen and oxygen atoms in total. The van der Waals surface area contributed by atoms with Crippen molar-refractivity contribution in [1.29, 1.82) is 0 Å². The van der Waals surface area contributed by atoms with E-state index in [0.717, 1.165) is 25.9 Å². The van der Waals surface area contributed by atoms with Gasteiger partial charge in [-0.2, -0.15) is 0 Å². The van der Waals surface area contributed by atoms with Gasteiger partial charge in [-0.3, -0.25) is 14.6 Å². The first-order valence-corrected chi connectivity index (χ1v) is 7.58. The second kappa shape index (κ2) is 6.20. The summed E-state index contributed by atoms with van der Waals surface area (Å²) in [5.41, 5.74) is 1.06. The largest absolute Gasteiger partial charge is 0.336 e. The molecule has 0 atom stereocenters. The Kier molecular flexibility index (Phi) is 4.10. The smallest absolute Gasteiger partial charge is 0.289 e. The predicted octanol–water partition coefficient (Wildman–Crippen LogP) is 1.33. The molecule has 0 N–H and O–H groups in total. The fourth-order valence-corrected chi connectivity index (χ4v) is 2.71. The van der Waals surface area contributed by atoms with Gasteiger partial charge in [-0.05, 0) is 25.0 Å². The number of hydrogen-bond acceptors (Lipinski definition) is 4. The maximum atomic E-state index is 12.6. The molecule has 23 heavy (non-hydrogen) atoms. The van der Waals surface area contributed by atoms with Crippen LogP contribution in [0.2, 0.25) is 0 Å². The third-order valence-corrected chi connectivity index (χ3v) is 4.13. The van der Waals surface area contributed by atoms with E-state index < -0.39 is 0 Å². The Hall–Kier alpha value is -2.70. The molecule has 1 fully saturated rings. The molecule has 1 saturated heterocycles. The molecule has 120 valence electrons. The van der Waals surface area contributed by atoms with Crippen LogP contribution in [0.4, 0.5) is 5.69 Å². The highest BCUT2D eigenvalue weighted by molar-refractivity contribution is 6.05. The zero-order chi connectivity index (χ0) is 16.4. The molecule has 1 aliphatic rings. The van der Waals surface area contributed by atoms with Crippen molar-refractivity contribution in [3.63, 3.8) is 0 Å². The maximum absolute atomic E-state index is 12.6. The molecule has 2 amide bonds. The second-order valence-corrected chi connectivity index (χ2v) is 5.60. The zero-order valence-corrected chi connectivity index (χ0v) is 13.3. The molecular formula is C16H19N5O2. The van der Waals surface area contributed by atoms with Crippen LogP contribution in [-0.4, -0.2) is 51.4 Å². The minimum absolute atomic E-state index is 0.118. The SMILES string of the molecule is CN(C(=O)c1cnc(C(=O)N2CCCC2)n1C)c1cccnc1. The minimum Gasteiger partial charge on any atom is -0.336 e. The predicted molar refractivity (Wildman–Crippen MR) is 85.3 cm³/mol. The van der Waals surface area contributed by atoms with Gasteiger partial charge in [0.05, 0.1) is 18.1 Å². The van der Waals surface area contributed by atoms with Crippen molar-refractivity contribution in [3.05, 3.63) is 42.2 Å². The Balaban J connectivity index is 1.84. The van der Waals surface area contributed by atoms with Crippen molar-refractivity contribution in [1.82, 2.24) is 19.4 Å². The van der Waals surface area contributed by atoms with Crippen LogP contribution < -0.4 is 4.90 Å². The van der Waals surface area contributed by atoms with Gasteiger partial charge in [0.2, 0.25) is 0 Å². The number of amides is 2. The van der Waals surface area contributed by atoms with Gasteiger partial charge in [0.25, 0.3) is 11.8 Å². The van der Waals surface area contributed by atoms with Gasteiger partial charge in [-0.15, -0.1) is 0 Å². The van der Waals surface area contributed by atoms with E-state index in [-0.39, 0.29) is 11.8 Å². The average molecular weight is 313 g/mol. The lowest BCUT2D eigenvalue weighted by Gasteiger charge is -2.18. The average Bonchev–Trinajstić information content (AvgIpc) is 3.23. The van der Waals surface area contributed by atoms with E-state index in [0.29, 0.717) is 17.2 Å². The van der Waals surface area contributed by atoms with Crippen LogP contribution in [0.25, 0.3) is 0 Å². The van der Waals surface area contributed by atoms with Gasteiger partial charge in [0.15, 0.2) is 5.82 Å². The molecule has 0 aliphatic carbocycles. The van der Waals surface area contributed by atoms with Crippen molar-refractivity contribution in [3.8, 4) is 0 Å². The van der Waals surface area contributed by atoms with Crippen molar-refractivity contribution in [2.45, 2.75) is 12.8 Å². The van der Waals surface area contributed by atoms with E-state index in [9.17, 15) is 9.59 Å². The molecule has 2 aromatic rings. The van der Waals surface area contributed by atoms with Gasteiger partial charge in [0.1, 0.15) is 5.69 Å². The van der Waals surface area contributed by atoms with E-state index in [4.69, 9.17) is 0 Å². The first kappa shape index (κ1) is 15.2. The molecule has 0 spiro atoms. The third-order valence-electron chi connectivity index (χ3n) is 4.13. The molecular weight excluding hydrogens is 294 g/mol. The minimum atomic E-state index is -0.228. The van der Waals surface area contributed by atoms with Crippen LogP contribution in [-0.2, 0) is 7.05 Å². The van der Waals surface area contributed by atoms with Gasteiger partial charge in [0, 0.05) is 33.4 Å². The van der Waals surface area contributed by atoms with Crippen LogP contribution in [0.15, 0.2) is 30.7 Å². The van der Waals surface area contributed by atoms with E-state index in [1.54, 1.807) is 48.1 Å². The van der Waals surface area contributed by atoms with E-state index in [2.05, 4.69) is 9.97 Å². The summed E-state index contributed by atoms with van der Waals surface area (Å²) < 4.78 is 1.57. The van der Waals surface area contributed by atoms with Crippen molar-refractivity contribution < 1.29 is 9.59 Å². The topological polar surface area (TPSA) is 71.3 Å². The Labute approximate surface area is 134 Å². The number of hydrogen-bond donors (Lipinski definition) is 0. The van der Waals surface area contributed by atoms with E-state index >= 15 is 0 Å². The molecule has 0 unspecified atom stereocenters. The third kappa shape index (κ3) is 2.81. The summed E-state index contributed by atoms with van der Waals surface area (Å²) in [6.45, 7) is 1.51. The standard InChI is InChI=1S/C16H19N5O2/c1-19(12-6-5-7-17-10-12)15(22)13-11-18-14(20(13)2)16(23)21-8-3-4-9-21/h5-7,10-11H,3-4,8-9H2,1-2H3. The number of imidazole rings is 1. The van der Waals surface area contributed by atoms with Crippen LogP contribution in [0, 0.1) is 0 Å². The summed E-state index contributed by atoms with van der Waals surface area (Å²) in [6, 6.07) is 3.57. The number of carbonyl (C=O) groups is 2. The van der Waals surface area contributed by atoms with Gasteiger partial charge >= 0.3 is 0 Å². The summed E-state index contributed by atoms with van der Waals surface area (Å²) in [4.78, 5) is 36.5. The fourth-order valence-electron chi connectivity index (χ4n) is 2.71. The first-order valence-electron chi connectivity index (χ1n) is 7.58. The van der Waals surface area contributed by atoms with Crippen molar-refractivity contribution >= 4 is 17.5 Å². The second-order valence-electron chi connectivity index (χ2n) is 5.60. The maximum Gasteiger partial charge on any atom is 0.289 e. The van der Waals surface area contributed by atoms with E-state index in [1.807, 2.05) is 0 Å². The summed E-state index contributed by atoms with van der Waals surface area (Å²) in [5, 5.41) is 0. The lowest BCUT2D eigenvalue weighted by Crippen LogP contribution is -2.32. The number of carbonyl (C=O) groups excluding carboxylic acids is 2. The molecule has 0 bridgehead atoms. The lowest BCUT2D eigenvalue weighted by molar-refractivity contribution is 0.0777. The Morgan fingerprint density at radius 3 is 2.61 bits per heavy atom. The normalized spacial score (nSPS) is 14.1. The van der Waals surface area contributed by atoms with Crippen LogP contribution in [0.5, 0.6) is 0 Å². The number of nitrogens with zero attached hydrogens (tertiary/aromatic N) is 5. The lowest BCUT2D eigenvalue weighted by atomic mass is 10.3. The Bertz CT molecular complexity index is 719. The van der Waals surface area contributed by atoms with Crippen LogP contribution in [0.1, 0.15) is 33.9 Å². The summed E-state index contributed by atoms with van der Waals surface area (Å²) in [6.07, 6.45) is 6.76. The van der Waals surface area contributed by atoms with Crippen molar-refractivity contribution in [2.24, 2.45) is 7.05 Å². The molecule has 1 aliphatic heterocycles. The molecule has 0 radical (unpaired) electrons. The van der Waals surface area contributed by atoms with Crippen LogP contribution in [0.3, 0.4) is 0 Å². The van der Waals surface area contributed by atoms with Gasteiger partial charge in [-0.25, -0.2) is 4.98 Å². The fraction of sp³-hybridized carbons (Fsp3) is 0.375. The molecule has 0 aromatic carbocycles.